The van der Waals surface area contributed by atoms with Gasteiger partial charge in [0.1, 0.15) is 5.82 Å². The molecule has 23 heavy (non-hydrogen) atoms. The van der Waals surface area contributed by atoms with Gasteiger partial charge in [-0.05, 0) is 37.9 Å². The Morgan fingerprint density at radius 1 is 1.35 bits per heavy atom. The Bertz CT molecular complexity index is 681. The van der Waals surface area contributed by atoms with E-state index in [2.05, 4.69) is 39.3 Å². The van der Waals surface area contributed by atoms with Crippen LogP contribution in [0.2, 0.25) is 0 Å². The monoisotopic (exact) mass is 315 g/mol. The Balaban J connectivity index is 1.55. The van der Waals surface area contributed by atoms with Crippen LogP contribution in [0.3, 0.4) is 0 Å². The van der Waals surface area contributed by atoms with Gasteiger partial charge in [-0.25, -0.2) is 9.78 Å². The number of urea groups is 1. The van der Waals surface area contributed by atoms with E-state index < -0.39 is 0 Å². The lowest BCUT2D eigenvalue weighted by Gasteiger charge is -2.16. The summed E-state index contributed by atoms with van der Waals surface area (Å²) in [5.74, 6) is 1.62. The Labute approximate surface area is 136 Å². The maximum atomic E-state index is 11.5. The van der Waals surface area contributed by atoms with E-state index in [0.717, 1.165) is 43.9 Å². The van der Waals surface area contributed by atoms with E-state index in [1.807, 2.05) is 19.1 Å². The fraction of sp³-hybridized carbons (Fsp3) is 0.529. The molecule has 6 nitrogen and oxygen atoms in total. The minimum atomic E-state index is -0.0682. The molecule has 1 aliphatic heterocycles. The first-order valence-corrected chi connectivity index (χ1v) is 8.31. The van der Waals surface area contributed by atoms with E-state index in [4.69, 9.17) is 4.98 Å². The summed E-state index contributed by atoms with van der Waals surface area (Å²) in [5.41, 5.74) is 2.23. The van der Waals surface area contributed by atoms with Gasteiger partial charge in [-0.3, -0.25) is 4.90 Å². The molecule has 1 fully saturated rings. The number of para-hydroxylation sites is 2. The normalized spacial score (nSPS) is 18.4. The minimum absolute atomic E-state index is 0.0682. The van der Waals surface area contributed by atoms with Crippen molar-refractivity contribution in [1.82, 2.24) is 25.1 Å². The second-order valence-corrected chi connectivity index (χ2v) is 6.21. The zero-order chi connectivity index (χ0) is 16.2. The molecule has 1 aromatic carbocycles. The Kier molecular flexibility index (Phi) is 4.81. The lowest BCUT2D eigenvalue weighted by molar-refractivity contribution is 0.238. The van der Waals surface area contributed by atoms with E-state index in [0.29, 0.717) is 12.5 Å². The highest BCUT2D eigenvalue weighted by atomic mass is 16.2. The molecule has 0 saturated carbocycles. The number of fused-ring (bicyclic) bond motifs is 1. The van der Waals surface area contributed by atoms with Crippen molar-refractivity contribution in [3.63, 3.8) is 0 Å². The van der Waals surface area contributed by atoms with Gasteiger partial charge in [0.15, 0.2) is 0 Å². The van der Waals surface area contributed by atoms with Crippen molar-refractivity contribution in [3.8, 4) is 0 Å². The number of amides is 2. The number of rotatable bonds is 5. The van der Waals surface area contributed by atoms with Crippen molar-refractivity contribution in [2.45, 2.75) is 19.9 Å². The van der Waals surface area contributed by atoms with Gasteiger partial charge >= 0.3 is 6.03 Å². The third-order valence-electron chi connectivity index (χ3n) is 4.50. The van der Waals surface area contributed by atoms with Gasteiger partial charge in [0, 0.05) is 26.7 Å². The summed E-state index contributed by atoms with van der Waals surface area (Å²) in [7, 11) is 2.08. The summed E-state index contributed by atoms with van der Waals surface area (Å²) in [6.07, 6.45) is 1.12. The number of imidazole rings is 1. The second kappa shape index (κ2) is 7.00. The van der Waals surface area contributed by atoms with Gasteiger partial charge in [-0.2, -0.15) is 0 Å². The van der Waals surface area contributed by atoms with E-state index in [-0.39, 0.29) is 6.03 Å². The molecule has 0 radical (unpaired) electrons. The molecule has 0 aliphatic carbocycles. The highest BCUT2D eigenvalue weighted by Gasteiger charge is 2.24. The van der Waals surface area contributed by atoms with Crippen molar-refractivity contribution < 1.29 is 4.79 Å². The predicted molar refractivity (Wildman–Crippen MR) is 91.2 cm³/mol. The third-order valence-corrected chi connectivity index (χ3v) is 4.50. The van der Waals surface area contributed by atoms with Crippen LogP contribution in [0, 0.1) is 5.92 Å². The predicted octanol–water partition coefficient (Wildman–Crippen LogP) is 1.71. The third kappa shape index (κ3) is 3.64. The fourth-order valence-corrected chi connectivity index (χ4v) is 3.22. The molecule has 1 atom stereocenters. The van der Waals surface area contributed by atoms with Crippen molar-refractivity contribution in [1.29, 1.82) is 0 Å². The number of benzene rings is 1. The first kappa shape index (κ1) is 15.8. The maximum absolute atomic E-state index is 11.5. The van der Waals surface area contributed by atoms with Gasteiger partial charge in [0.2, 0.25) is 0 Å². The lowest BCUT2D eigenvalue weighted by atomic mass is 10.1. The Morgan fingerprint density at radius 3 is 2.96 bits per heavy atom. The average molecular weight is 315 g/mol. The first-order chi connectivity index (χ1) is 11.2. The van der Waals surface area contributed by atoms with Crippen LogP contribution >= 0.6 is 0 Å². The van der Waals surface area contributed by atoms with Crippen LogP contribution in [0.15, 0.2) is 24.3 Å². The summed E-state index contributed by atoms with van der Waals surface area (Å²) < 4.78 is 2.18. The number of carbonyl (C=O) groups is 1. The van der Waals surface area contributed by atoms with Crippen molar-refractivity contribution >= 4 is 17.1 Å². The molecule has 0 unspecified atom stereocenters. The number of aryl methyl sites for hydroxylation is 1. The molecule has 1 aromatic heterocycles. The van der Waals surface area contributed by atoms with Gasteiger partial charge in [0.05, 0.1) is 17.6 Å². The molecule has 124 valence electrons. The van der Waals surface area contributed by atoms with Crippen LogP contribution in [0.1, 0.15) is 19.2 Å². The molecule has 3 rings (SSSR count). The Hall–Kier alpha value is -2.08. The van der Waals surface area contributed by atoms with Crippen LogP contribution in [0.25, 0.3) is 11.0 Å². The average Bonchev–Trinajstić information content (AvgIpc) is 3.12. The van der Waals surface area contributed by atoms with Crippen molar-refractivity contribution in [2.75, 3.05) is 26.2 Å². The summed E-state index contributed by atoms with van der Waals surface area (Å²) >= 11 is 0. The van der Waals surface area contributed by atoms with Crippen LogP contribution in [0.4, 0.5) is 4.79 Å². The van der Waals surface area contributed by atoms with Gasteiger partial charge in [0.25, 0.3) is 0 Å². The number of aromatic nitrogens is 2. The molecular weight excluding hydrogens is 290 g/mol. The topological polar surface area (TPSA) is 62.2 Å². The van der Waals surface area contributed by atoms with Gasteiger partial charge in [-0.1, -0.05) is 12.1 Å². The van der Waals surface area contributed by atoms with Crippen LogP contribution < -0.4 is 10.6 Å². The smallest absolute Gasteiger partial charge is 0.314 e. The summed E-state index contributed by atoms with van der Waals surface area (Å²) in [5, 5.41) is 5.71. The number of hydrogen-bond donors (Lipinski definition) is 2. The zero-order valence-electron chi connectivity index (χ0n) is 13.9. The summed E-state index contributed by atoms with van der Waals surface area (Å²) in [6, 6.07) is 8.17. The van der Waals surface area contributed by atoms with Crippen molar-refractivity contribution in [3.05, 3.63) is 30.1 Å². The minimum Gasteiger partial charge on any atom is -0.338 e. The van der Waals surface area contributed by atoms with Crippen LogP contribution in [-0.4, -0.2) is 46.7 Å². The van der Waals surface area contributed by atoms with Crippen molar-refractivity contribution in [2.24, 2.45) is 13.0 Å². The largest absolute Gasteiger partial charge is 0.338 e. The molecule has 0 bridgehead atoms. The molecule has 2 heterocycles. The molecular formula is C17H25N5O. The number of likely N-dealkylation sites (tertiary alicyclic amines) is 1. The van der Waals surface area contributed by atoms with Crippen LogP contribution in [0.5, 0.6) is 0 Å². The summed E-state index contributed by atoms with van der Waals surface area (Å²) in [6.45, 7) is 6.26. The molecule has 2 aromatic rings. The summed E-state index contributed by atoms with van der Waals surface area (Å²) in [4.78, 5) is 18.6. The highest BCUT2D eigenvalue weighted by Crippen LogP contribution is 2.20. The second-order valence-electron chi connectivity index (χ2n) is 6.21. The molecule has 0 spiro atoms. The molecule has 1 aliphatic rings. The standard InChI is InChI=1S/C17H25N5O/c1-3-18-17(23)19-10-13-8-9-22(11-13)12-16-20-14-6-4-5-7-15(14)21(16)2/h4-7,13H,3,8-12H2,1-2H3,(H2,18,19,23)/t13-/m1/s1. The number of carbonyl (C=O) groups excluding carboxylic acids is 1. The highest BCUT2D eigenvalue weighted by molar-refractivity contribution is 5.75. The lowest BCUT2D eigenvalue weighted by Crippen LogP contribution is -2.38. The van der Waals surface area contributed by atoms with E-state index in [1.54, 1.807) is 0 Å². The first-order valence-electron chi connectivity index (χ1n) is 8.31. The quantitative estimate of drug-likeness (QED) is 0.883. The molecule has 6 heteroatoms. The maximum Gasteiger partial charge on any atom is 0.314 e. The van der Waals surface area contributed by atoms with E-state index in [9.17, 15) is 4.79 Å². The van der Waals surface area contributed by atoms with Gasteiger partial charge < -0.3 is 15.2 Å². The van der Waals surface area contributed by atoms with E-state index in [1.165, 1.54) is 5.52 Å². The van der Waals surface area contributed by atoms with Gasteiger partial charge in [-0.15, -0.1) is 0 Å². The van der Waals surface area contributed by atoms with E-state index >= 15 is 0 Å². The molecule has 2 amide bonds. The number of hydrogen-bond acceptors (Lipinski definition) is 3. The number of nitrogens with one attached hydrogen (secondary N) is 2. The van der Waals surface area contributed by atoms with Crippen LogP contribution in [-0.2, 0) is 13.6 Å². The number of nitrogens with zero attached hydrogens (tertiary/aromatic N) is 3. The SMILES string of the molecule is CCNC(=O)NC[C@H]1CCN(Cc2nc3ccccc3n2C)C1. The fourth-order valence-electron chi connectivity index (χ4n) is 3.22. The molecule has 1 saturated heterocycles. The zero-order valence-corrected chi connectivity index (χ0v) is 13.9. The molecule has 2 N–H and O–H groups in total. The Morgan fingerprint density at radius 2 is 2.17 bits per heavy atom.